The molecule has 2 unspecified atom stereocenters. The second-order valence-electron chi connectivity index (χ2n) is 13.9. The minimum Gasteiger partial charge on any atom is -0.479 e. The van der Waals surface area contributed by atoms with E-state index in [1.54, 1.807) is 0 Å². The lowest BCUT2D eigenvalue weighted by molar-refractivity contribution is -0.147. The quantitative estimate of drug-likeness (QED) is 0.0499. The van der Waals surface area contributed by atoms with Crippen molar-refractivity contribution in [2.75, 3.05) is 0 Å². The van der Waals surface area contributed by atoms with Crippen molar-refractivity contribution in [1.29, 1.82) is 0 Å². The number of carboxylic acid groups (broad SMARTS) is 2. The Hall–Kier alpha value is -1.14. The van der Waals surface area contributed by atoms with Gasteiger partial charge in [-0.15, -0.1) is 0 Å². The fraction of sp³-hybridized carbons (Fsp3) is 0.950. The summed E-state index contributed by atoms with van der Waals surface area (Å²) in [5, 5.41) is 35.4. The van der Waals surface area contributed by atoms with Crippen LogP contribution in [-0.2, 0) is 9.59 Å². The molecule has 4 N–H and O–H groups in total. The maximum Gasteiger partial charge on any atom is 0.332 e. The molecule has 0 aromatic carbocycles. The van der Waals surface area contributed by atoms with Gasteiger partial charge in [0.2, 0.25) is 0 Å². The molecule has 0 rings (SSSR count). The fourth-order valence-corrected chi connectivity index (χ4v) is 6.02. The van der Waals surface area contributed by atoms with E-state index in [9.17, 15) is 9.59 Å². The molecule has 0 bridgehead atoms. The zero-order valence-electron chi connectivity index (χ0n) is 30.8. The molecule has 0 fully saturated rings. The van der Waals surface area contributed by atoms with Crippen LogP contribution in [0.15, 0.2) is 0 Å². The van der Waals surface area contributed by atoms with E-state index in [2.05, 4.69) is 13.8 Å². The third-order valence-electron chi connectivity index (χ3n) is 9.23. The van der Waals surface area contributed by atoms with E-state index in [4.69, 9.17) is 20.4 Å². The first kappa shape index (κ1) is 47.0. The Morgan fingerprint density at radius 3 is 0.630 bits per heavy atom. The minimum atomic E-state index is -1.17. The van der Waals surface area contributed by atoms with Gasteiger partial charge < -0.3 is 20.4 Å². The summed E-state index contributed by atoms with van der Waals surface area (Å²) in [5.74, 6) is -2.18. The normalized spacial score (nSPS) is 12.4. The van der Waals surface area contributed by atoms with Crippen LogP contribution in [0.4, 0.5) is 0 Å². The highest BCUT2D eigenvalue weighted by molar-refractivity contribution is 5.72. The van der Waals surface area contributed by atoms with E-state index in [0.717, 1.165) is 25.7 Å². The van der Waals surface area contributed by atoms with E-state index in [1.165, 1.54) is 180 Å². The number of carbonyl (C=O) groups is 2. The van der Waals surface area contributed by atoms with Gasteiger partial charge in [-0.1, -0.05) is 219 Å². The standard InChI is InChI=1S/2C20H40O3/c2*1-2-3-4-5-6-7-8-9-10-11-12-13-14-15-16-17-18-19(21)20(22)23/h2*19,21H,2-18H2,1H3,(H,22,23). The monoisotopic (exact) mass is 657 g/mol. The van der Waals surface area contributed by atoms with E-state index in [-0.39, 0.29) is 0 Å². The summed E-state index contributed by atoms with van der Waals surface area (Å²) in [6.07, 6.45) is 40.4. The van der Waals surface area contributed by atoms with Crippen LogP contribution in [-0.4, -0.2) is 44.6 Å². The van der Waals surface area contributed by atoms with Crippen LogP contribution < -0.4 is 0 Å². The predicted octanol–water partition coefficient (Wildman–Crippen LogP) is 12.2. The molecule has 46 heavy (non-hydrogen) atoms. The average Bonchev–Trinajstić information content (AvgIpc) is 3.04. The number of hydrogen-bond donors (Lipinski definition) is 4. The molecule has 2 atom stereocenters. The summed E-state index contributed by atoms with van der Waals surface area (Å²) in [6, 6.07) is 0. The summed E-state index contributed by atoms with van der Waals surface area (Å²) < 4.78 is 0. The lowest BCUT2D eigenvalue weighted by atomic mass is 10.0. The van der Waals surface area contributed by atoms with Gasteiger partial charge in [-0.2, -0.15) is 0 Å². The second-order valence-corrected chi connectivity index (χ2v) is 13.9. The molecule has 0 aliphatic rings. The van der Waals surface area contributed by atoms with E-state index in [0.29, 0.717) is 12.8 Å². The number of carboxylic acids is 2. The Labute approximate surface area is 285 Å². The molecule has 0 saturated heterocycles. The van der Waals surface area contributed by atoms with Gasteiger partial charge in [0.25, 0.3) is 0 Å². The Balaban J connectivity index is 0. The van der Waals surface area contributed by atoms with Crippen LogP contribution in [0.2, 0.25) is 0 Å². The lowest BCUT2D eigenvalue weighted by Crippen LogP contribution is -2.18. The van der Waals surface area contributed by atoms with Gasteiger partial charge in [0.1, 0.15) is 0 Å². The van der Waals surface area contributed by atoms with E-state index >= 15 is 0 Å². The third-order valence-corrected chi connectivity index (χ3v) is 9.23. The van der Waals surface area contributed by atoms with E-state index in [1.807, 2.05) is 0 Å². The molecule has 0 aliphatic carbocycles. The van der Waals surface area contributed by atoms with Gasteiger partial charge >= 0.3 is 11.9 Å². The first-order valence-electron chi connectivity index (χ1n) is 20.2. The number of hydrogen-bond acceptors (Lipinski definition) is 4. The number of unbranched alkanes of at least 4 members (excludes halogenated alkanes) is 30. The van der Waals surface area contributed by atoms with Gasteiger partial charge in [0, 0.05) is 0 Å². The molecule has 276 valence electrons. The van der Waals surface area contributed by atoms with Crippen LogP contribution in [0.5, 0.6) is 0 Å². The Kier molecular flexibility index (Phi) is 40.9. The Bertz CT molecular complexity index is 559. The van der Waals surface area contributed by atoms with Crippen LogP contribution in [0.3, 0.4) is 0 Å². The van der Waals surface area contributed by atoms with Crippen molar-refractivity contribution in [3.05, 3.63) is 0 Å². The highest BCUT2D eigenvalue weighted by Crippen LogP contribution is 2.16. The minimum absolute atomic E-state index is 0.397. The summed E-state index contributed by atoms with van der Waals surface area (Å²) in [5.41, 5.74) is 0. The molecular weight excluding hydrogens is 576 g/mol. The lowest BCUT2D eigenvalue weighted by Gasteiger charge is -2.05. The highest BCUT2D eigenvalue weighted by atomic mass is 16.4. The molecule has 0 amide bonds. The molecular formula is C40H80O6. The SMILES string of the molecule is CCCCCCCCCCCCCCCCCCC(O)C(=O)O.CCCCCCCCCCCCCCCCCCC(O)C(=O)O. The highest BCUT2D eigenvalue weighted by Gasteiger charge is 2.12. The first-order valence-corrected chi connectivity index (χ1v) is 20.2. The summed E-state index contributed by atoms with van der Waals surface area (Å²) in [7, 11) is 0. The average molecular weight is 657 g/mol. The van der Waals surface area contributed by atoms with Crippen LogP contribution in [0, 0.1) is 0 Å². The molecule has 0 spiro atoms. The van der Waals surface area contributed by atoms with Gasteiger partial charge in [0.05, 0.1) is 0 Å². The van der Waals surface area contributed by atoms with Gasteiger partial charge in [-0.3, -0.25) is 0 Å². The summed E-state index contributed by atoms with van der Waals surface area (Å²) >= 11 is 0. The van der Waals surface area contributed by atoms with Gasteiger partial charge in [-0.05, 0) is 12.8 Å². The molecule has 0 radical (unpaired) electrons. The Morgan fingerprint density at radius 1 is 0.326 bits per heavy atom. The topological polar surface area (TPSA) is 115 Å². The van der Waals surface area contributed by atoms with Crippen LogP contribution in [0.1, 0.15) is 232 Å². The van der Waals surface area contributed by atoms with E-state index < -0.39 is 24.1 Å². The van der Waals surface area contributed by atoms with Crippen molar-refractivity contribution in [3.8, 4) is 0 Å². The molecule has 6 nitrogen and oxygen atoms in total. The molecule has 0 saturated carbocycles. The maximum absolute atomic E-state index is 10.4. The maximum atomic E-state index is 10.4. The van der Waals surface area contributed by atoms with Crippen molar-refractivity contribution in [2.45, 2.75) is 244 Å². The van der Waals surface area contributed by atoms with Crippen LogP contribution >= 0.6 is 0 Å². The Morgan fingerprint density at radius 2 is 0.478 bits per heavy atom. The van der Waals surface area contributed by atoms with Gasteiger partial charge in [0.15, 0.2) is 12.2 Å². The number of aliphatic carboxylic acids is 2. The van der Waals surface area contributed by atoms with Crippen molar-refractivity contribution in [2.24, 2.45) is 0 Å². The number of rotatable bonds is 36. The van der Waals surface area contributed by atoms with Crippen molar-refractivity contribution in [1.82, 2.24) is 0 Å². The molecule has 6 heteroatoms. The first-order chi connectivity index (χ1) is 22.4. The molecule has 0 aliphatic heterocycles. The third kappa shape index (κ3) is 40.9. The zero-order valence-corrected chi connectivity index (χ0v) is 30.8. The number of aliphatic hydroxyl groups excluding tert-OH is 2. The second kappa shape index (κ2) is 40.0. The van der Waals surface area contributed by atoms with Crippen molar-refractivity contribution < 1.29 is 30.0 Å². The molecule has 0 aromatic rings. The van der Waals surface area contributed by atoms with Crippen molar-refractivity contribution >= 4 is 11.9 Å². The summed E-state index contributed by atoms with van der Waals surface area (Å²) in [4.78, 5) is 20.9. The fourth-order valence-electron chi connectivity index (χ4n) is 6.02. The predicted molar refractivity (Wildman–Crippen MR) is 196 cm³/mol. The smallest absolute Gasteiger partial charge is 0.332 e. The number of aliphatic hydroxyl groups is 2. The van der Waals surface area contributed by atoms with Crippen molar-refractivity contribution in [3.63, 3.8) is 0 Å². The molecule has 0 heterocycles. The zero-order chi connectivity index (χ0) is 34.4. The van der Waals surface area contributed by atoms with Gasteiger partial charge in [-0.25, -0.2) is 9.59 Å². The molecule has 0 aromatic heterocycles. The van der Waals surface area contributed by atoms with Crippen LogP contribution in [0.25, 0.3) is 0 Å². The largest absolute Gasteiger partial charge is 0.479 e. The summed E-state index contributed by atoms with van der Waals surface area (Å²) in [6.45, 7) is 4.54.